The van der Waals surface area contributed by atoms with Gasteiger partial charge in [0.15, 0.2) is 0 Å². The SMILES string of the molecule is CC1OC(C)C(C(=O)Nc2cc(Cl)ccc2Br)C1C. The summed E-state index contributed by atoms with van der Waals surface area (Å²) in [7, 11) is 0. The summed E-state index contributed by atoms with van der Waals surface area (Å²) in [5.41, 5.74) is 0.691. The molecule has 0 bridgehead atoms. The first-order valence-corrected chi connectivity index (χ1v) is 7.48. The molecule has 3 nitrogen and oxygen atoms in total. The van der Waals surface area contributed by atoms with Gasteiger partial charge in [0.1, 0.15) is 0 Å². The molecule has 1 saturated heterocycles. The number of rotatable bonds is 2. The number of carbonyl (C=O) groups excluding carboxylic acids is 1. The van der Waals surface area contributed by atoms with Crippen LogP contribution in [0.25, 0.3) is 0 Å². The molecule has 1 heterocycles. The molecule has 104 valence electrons. The Bertz CT molecular complexity index is 494. The van der Waals surface area contributed by atoms with Gasteiger partial charge in [0.2, 0.25) is 5.91 Å². The van der Waals surface area contributed by atoms with E-state index in [1.54, 1.807) is 12.1 Å². The van der Waals surface area contributed by atoms with Crippen molar-refractivity contribution in [2.45, 2.75) is 33.0 Å². The summed E-state index contributed by atoms with van der Waals surface area (Å²) in [6, 6.07) is 5.32. The van der Waals surface area contributed by atoms with Gasteiger partial charge in [-0.05, 0) is 53.9 Å². The van der Waals surface area contributed by atoms with Crippen molar-refractivity contribution in [2.24, 2.45) is 11.8 Å². The van der Waals surface area contributed by atoms with Crippen molar-refractivity contribution in [3.05, 3.63) is 27.7 Å². The molecule has 0 radical (unpaired) electrons. The minimum Gasteiger partial charge on any atom is -0.374 e. The number of ether oxygens (including phenoxy) is 1. The van der Waals surface area contributed by atoms with E-state index in [0.29, 0.717) is 10.7 Å². The zero-order valence-electron chi connectivity index (χ0n) is 11.1. The van der Waals surface area contributed by atoms with E-state index in [9.17, 15) is 4.79 Å². The third-order valence-corrected chi connectivity index (χ3v) is 4.66. The largest absolute Gasteiger partial charge is 0.374 e. The van der Waals surface area contributed by atoms with Crippen LogP contribution in [0.2, 0.25) is 5.02 Å². The van der Waals surface area contributed by atoms with Crippen LogP contribution >= 0.6 is 27.5 Å². The zero-order valence-corrected chi connectivity index (χ0v) is 13.5. The molecule has 1 N–H and O–H groups in total. The number of hydrogen-bond acceptors (Lipinski definition) is 2. The Morgan fingerprint density at radius 2 is 2.00 bits per heavy atom. The minimum absolute atomic E-state index is 0.0210. The summed E-state index contributed by atoms with van der Waals surface area (Å²) < 4.78 is 6.52. The monoisotopic (exact) mass is 345 g/mol. The van der Waals surface area contributed by atoms with Crippen molar-refractivity contribution >= 4 is 39.1 Å². The van der Waals surface area contributed by atoms with Crippen LogP contribution < -0.4 is 5.32 Å². The molecule has 2 rings (SSSR count). The number of nitrogens with one attached hydrogen (secondary N) is 1. The van der Waals surface area contributed by atoms with E-state index >= 15 is 0 Å². The lowest BCUT2D eigenvalue weighted by Gasteiger charge is -2.18. The fourth-order valence-corrected chi connectivity index (χ4v) is 3.05. The van der Waals surface area contributed by atoms with Gasteiger partial charge in [-0.1, -0.05) is 18.5 Å². The first-order chi connectivity index (χ1) is 8.90. The molecule has 0 aromatic heterocycles. The average molecular weight is 347 g/mol. The standard InChI is InChI=1S/C14H17BrClNO2/c1-7-8(2)19-9(3)13(7)14(18)17-12-6-10(16)4-5-11(12)15/h4-9,13H,1-3H3,(H,17,18). The average Bonchev–Trinajstić information content (AvgIpc) is 2.58. The van der Waals surface area contributed by atoms with Crippen LogP contribution in [0.5, 0.6) is 0 Å². The lowest BCUT2D eigenvalue weighted by molar-refractivity contribution is -0.121. The highest BCUT2D eigenvalue weighted by Crippen LogP contribution is 2.34. The van der Waals surface area contributed by atoms with E-state index in [2.05, 4.69) is 21.2 Å². The summed E-state index contributed by atoms with van der Waals surface area (Å²) >= 11 is 9.35. The summed E-state index contributed by atoms with van der Waals surface area (Å²) in [5.74, 6) is 0.0427. The molecule has 1 aromatic carbocycles. The van der Waals surface area contributed by atoms with Gasteiger partial charge in [-0.3, -0.25) is 4.79 Å². The molecule has 0 aliphatic carbocycles. The fraction of sp³-hybridized carbons (Fsp3) is 0.500. The van der Waals surface area contributed by atoms with Gasteiger partial charge in [0.05, 0.1) is 23.8 Å². The van der Waals surface area contributed by atoms with Crippen molar-refractivity contribution in [1.29, 1.82) is 0 Å². The first-order valence-electron chi connectivity index (χ1n) is 6.31. The number of halogens is 2. The quantitative estimate of drug-likeness (QED) is 0.875. The zero-order chi connectivity index (χ0) is 14.2. The number of benzene rings is 1. The summed E-state index contributed by atoms with van der Waals surface area (Å²) in [5, 5.41) is 3.52. The minimum atomic E-state index is -0.138. The van der Waals surface area contributed by atoms with Crippen LogP contribution in [0.4, 0.5) is 5.69 Å². The van der Waals surface area contributed by atoms with E-state index in [1.807, 2.05) is 26.8 Å². The van der Waals surface area contributed by atoms with Crippen molar-refractivity contribution in [3.63, 3.8) is 0 Å². The number of anilines is 1. The van der Waals surface area contributed by atoms with Crippen LogP contribution in [-0.2, 0) is 9.53 Å². The van der Waals surface area contributed by atoms with Gasteiger partial charge in [-0.25, -0.2) is 0 Å². The molecule has 1 aliphatic rings. The van der Waals surface area contributed by atoms with E-state index in [0.717, 1.165) is 4.47 Å². The predicted molar refractivity (Wildman–Crippen MR) is 80.4 cm³/mol. The van der Waals surface area contributed by atoms with Gasteiger partial charge >= 0.3 is 0 Å². The Kier molecular flexibility index (Phi) is 4.54. The Morgan fingerprint density at radius 1 is 1.32 bits per heavy atom. The molecule has 19 heavy (non-hydrogen) atoms. The van der Waals surface area contributed by atoms with Crippen molar-refractivity contribution in [1.82, 2.24) is 0 Å². The topological polar surface area (TPSA) is 38.3 Å². The fourth-order valence-electron chi connectivity index (χ4n) is 2.53. The Labute approximate surface area is 126 Å². The molecular weight excluding hydrogens is 330 g/mol. The number of amides is 1. The summed E-state index contributed by atoms with van der Waals surface area (Å²) in [4.78, 5) is 12.4. The van der Waals surface area contributed by atoms with Gasteiger partial charge in [-0.2, -0.15) is 0 Å². The van der Waals surface area contributed by atoms with Gasteiger partial charge in [0, 0.05) is 9.50 Å². The van der Waals surface area contributed by atoms with Crippen LogP contribution in [-0.4, -0.2) is 18.1 Å². The van der Waals surface area contributed by atoms with Crippen molar-refractivity contribution < 1.29 is 9.53 Å². The summed E-state index contributed by atoms with van der Waals surface area (Å²) in [6.07, 6.45) is 0.0384. The van der Waals surface area contributed by atoms with Crippen LogP contribution in [0.1, 0.15) is 20.8 Å². The third-order valence-electron chi connectivity index (χ3n) is 3.73. The predicted octanol–water partition coefficient (Wildman–Crippen LogP) is 4.10. The van der Waals surface area contributed by atoms with E-state index in [4.69, 9.17) is 16.3 Å². The lowest BCUT2D eigenvalue weighted by atomic mass is 9.89. The highest BCUT2D eigenvalue weighted by molar-refractivity contribution is 9.10. The van der Waals surface area contributed by atoms with E-state index in [-0.39, 0.29) is 30.0 Å². The smallest absolute Gasteiger partial charge is 0.230 e. The molecule has 1 aromatic rings. The first kappa shape index (κ1) is 14.8. The molecular formula is C14H17BrClNO2. The molecule has 4 atom stereocenters. The van der Waals surface area contributed by atoms with Gasteiger partial charge in [-0.15, -0.1) is 0 Å². The van der Waals surface area contributed by atoms with Crippen LogP contribution in [0, 0.1) is 11.8 Å². The highest BCUT2D eigenvalue weighted by atomic mass is 79.9. The Balaban J connectivity index is 2.15. The molecule has 5 heteroatoms. The normalized spacial score (nSPS) is 30.4. The van der Waals surface area contributed by atoms with Crippen molar-refractivity contribution in [3.8, 4) is 0 Å². The second-order valence-electron chi connectivity index (χ2n) is 5.04. The maximum absolute atomic E-state index is 12.4. The molecule has 0 saturated carbocycles. The van der Waals surface area contributed by atoms with Gasteiger partial charge < -0.3 is 10.1 Å². The van der Waals surface area contributed by atoms with Gasteiger partial charge in [0.25, 0.3) is 0 Å². The molecule has 1 amide bonds. The summed E-state index contributed by atoms with van der Waals surface area (Å²) in [6.45, 7) is 5.99. The highest BCUT2D eigenvalue weighted by Gasteiger charge is 2.41. The lowest BCUT2D eigenvalue weighted by Crippen LogP contribution is -2.32. The third kappa shape index (κ3) is 3.12. The maximum atomic E-state index is 12.4. The van der Waals surface area contributed by atoms with E-state index < -0.39 is 0 Å². The van der Waals surface area contributed by atoms with E-state index in [1.165, 1.54) is 0 Å². The number of hydrogen-bond donors (Lipinski definition) is 1. The molecule has 4 unspecified atom stereocenters. The molecule has 0 spiro atoms. The number of carbonyl (C=O) groups is 1. The van der Waals surface area contributed by atoms with Crippen LogP contribution in [0.15, 0.2) is 22.7 Å². The molecule has 1 fully saturated rings. The second kappa shape index (κ2) is 5.81. The second-order valence-corrected chi connectivity index (χ2v) is 6.34. The molecule has 1 aliphatic heterocycles. The van der Waals surface area contributed by atoms with Crippen LogP contribution in [0.3, 0.4) is 0 Å². The Morgan fingerprint density at radius 3 is 2.58 bits per heavy atom. The maximum Gasteiger partial charge on any atom is 0.230 e. The van der Waals surface area contributed by atoms with Crippen molar-refractivity contribution in [2.75, 3.05) is 5.32 Å². The Hall–Kier alpha value is -0.580.